The normalized spacial score (nSPS) is 12.2. The van der Waals surface area contributed by atoms with Crippen molar-refractivity contribution in [2.75, 3.05) is 0 Å². The van der Waals surface area contributed by atoms with Gasteiger partial charge in [-0.3, -0.25) is 0 Å². The lowest BCUT2D eigenvalue weighted by Crippen LogP contribution is -1.64. The van der Waals surface area contributed by atoms with Crippen molar-refractivity contribution in [3.8, 4) is 0 Å². The third kappa shape index (κ3) is 1.19. The molecule has 0 saturated carbocycles. The lowest BCUT2D eigenvalue weighted by molar-refractivity contribution is 1.58. The molecule has 0 fully saturated rings. The van der Waals surface area contributed by atoms with Crippen LogP contribution in [0.3, 0.4) is 0 Å². The predicted octanol–water partition coefficient (Wildman–Crippen LogP) is 5.75. The molecule has 0 aliphatic heterocycles. The largest absolute Gasteiger partial charge is 0.346 e. The van der Waals surface area contributed by atoms with Gasteiger partial charge in [0, 0.05) is 26.4 Å². The fourth-order valence-electron chi connectivity index (χ4n) is 2.81. The summed E-state index contributed by atoms with van der Waals surface area (Å²) in [7, 11) is 0. The lowest BCUT2D eigenvalue weighted by Gasteiger charge is -1.87. The molecule has 5 aromatic rings. The Morgan fingerprint density at radius 1 is 0.737 bits per heavy atom. The Morgan fingerprint density at radius 2 is 1.53 bits per heavy atom. The molecule has 19 heavy (non-hydrogen) atoms. The van der Waals surface area contributed by atoms with Crippen LogP contribution in [0.2, 0.25) is 0 Å². The Labute approximate surface area is 117 Å². The third-order valence-electron chi connectivity index (χ3n) is 3.65. The van der Waals surface area contributed by atoms with E-state index in [0.717, 1.165) is 0 Å². The van der Waals surface area contributed by atoms with E-state index in [4.69, 9.17) is 0 Å². The molecule has 0 spiro atoms. The summed E-state index contributed by atoms with van der Waals surface area (Å²) in [5, 5.41) is 4.13. The van der Waals surface area contributed by atoms with Crippen molar-refractivity contribution in [3.05, 3.63) is 48.5 Å². The molecular weight excluding hydrogens is 270 g/mol. The third-order valence-corrected chi connectivity index (χ3v) is 6.11. The average molecular weight is 279 g/mol. The Hall–Kier alpha value is -1.84. The van der Waals surface area contributed by atoms with Gasteiger partial charge in [0.25, 0.3) is 0 Å². The minimum Gasteiger partial charge on any atom is -0.346 e. The van der Waals surface area contributed by atoms with Gasteiger partial charge in [0.05, 0.1) is 9.40 Å². The molecule has 3 heterocycles. The second-order valence-corrected chi connectivity index (χ2v) is 6.81. The van der Waals surface area contributed by atoms with Crippen LogP contribution in [0.5, 0.6) is 0 Å². The van der Waals surface area contributed by atoms with E-state index in [1.54, 1.807) is 0 Å². The molecule has 2 aromatic carbocycles. The van der Waals surface area contributed by atoms with Crippen LogP contribution in [0, 0.1) is 0 Å². The summed E-state index contributed by atoms with van der Waals surface area (Å²) >= 11 is 3.79. The number of thiophene rings is 2. The Morgan fingerprint density at radius 3 is 2.47 bits per heavy atom. The molecule has 0 radical (unpaired) electrons. The second kappa shape index (κ2) is 3.38. The SMILES string of the molecule is c1ccc2c(c1)[nH]c1sc3c4ccccc4sc3c12. The summed E-state index contributed by atoms with van der Waals surface area (Å²) in [6.45, 7) is 0. The van der Waals surface area contributed by atoms with Gasteiger partial charge < -0.3 is 4.98 Å². The molecule has 0 bridgehead atoms. The van der Waals surface area contributed by atoms with Crippen molar-refractivity contribution in [3.63, 3.8) is 0 Å². The molecule has 1 nitrogen and oxygen atoms in total. The Kier molecular flexibility index (Phi) is 1.78. The van der Waals surface area contributed by atoms with E-state index in [2.05, 4.69) is 53.5 Å². The second-order valence-electron chi connectivity index (χ2n) is 4.73. The van der Waals surface area contributed by atoms with E-state index < -0.39 is 0 Å². The Balaban J connectivity index is 2.12. The summed E-state index contributed by atoms with van der Waals surface area (Å²) in [5.41, 5.74) is 1.24. The van der Waals surface area contributed by atoms with Crippen molar-refractivity contribution >= 4 is 63.3 Å². The van der Waals surface area contributed by atoms with E-state index in [0.29, 0.717) is 0 Å². The van der Waals surface area contributed by atoms with Gasteiger partial charge in [-0.15, -0.1) is 22.7 Å². The number of para-hydroxylation sites is 1. The molecule has 90 valence electrons. The number of aromatic amines is 1. The fourth-order valence-corrected chi connectivity index (χ4v) is 5.51. The molecule has 0 unspecified atom stereocenters. The number of hydrogen-bond acceptors (Lipinski definition) is 2. The fraction of sp³-hybridized carbons (Fsp3) is 0. The van der Waals surface area contributed by atoms with E-state index in [9.17, 15) is 0 Å². The van der Waals surface area contributed by atoms with Crippen LogP contribution in [-0.4, -0.2) is 4.98 Å². The summed E-state index contributed by atoms with van der Waals surface area (Å²) in [6.07, 6.45) is 0. The highest BCUT2D eigenvalue weighted by Gasteiger charge is 2.15. The molecule has 0 atom stereocenters. The van der Waals surface area contributed by atoms with Gasteiger partial charge >= 0.3 is 0 Å². The summed E-state index contributed by atoms with van der Waals surface area (Å²) in [6, 6.07) is 17.3. The molecule has 0 amide bonds. The van der Waals surface area contributed by atoms with Gasteiger partial charge in [-0.05, 0) is 12.1 Å². The zero-order valence-electron chi connectivity index (χ0n) is 9.94. The van der Waals surface area contributed by atoms with Crippen molar-refractivity contribution in [1.82, 2.24) is 4.98 Å². The monoisotopic (exact) mass is 279 g/mol. The predicted molar refractivity (Wildman–Crippen MR) is 86.6 cm³/mol. The summed E-state index contributed by atoms with van der Waals surface area (Å²) in [4.78, 5) is 4.84. The maximum absolute atomic E-state index is 3.54. The van der Waals surface area contributed by atoms with E-state index in [-0.39, 0.29) is 0 Å². The first-order chi connectivity index (χ1) is 9.42. The van der Waals surface area contributed by atoms with Gasteiger partial charge in [0.15, 0.2) is 0 Å². The zero-order valence-corrected chi connectivity index (χ0v) is 11.6. The highest BCUT2D eigenvalue weighted by molar-refractivity contribution is 7.36. The Bertz CT molecular complexity index is 1060. The minimum absolute atomic E-state index is 1.24. The summed E-state index contributed by atoms with van der Waals surface area (Å²) in [5.74, 6) is 0. The highest BCUT2D eigenvalue weighted by Crippen LogP contribution is 2.46. The van der Waals surface area contributed by atoms with Crippen LogP contribution in [0.4, 0.5) is 0 Å². The van der Waals surface area contributed by atoms with E-state index in [1.165, 1.54) is 40.6 Å². The average Bonchev–Trinajstić information content (AvgIpc) is 3.05. The molecule has 1 N–H and O–H groups in total. The first-order valence-electron chi connectivity index (χ1n) is 6.22. The van der Waals surface area contributed by atoms with Crippen LogP contribution in [0.15, 0.2) is 48.5 Å². The zero-order chi connectivity index (χ0) is 12.4. The number of hydrogen-bond donors (Lipinski definition) is 1. The number of nitrogens with one attached hydrogen (secondary N) is 1. The smallest absolute Gasteiger partial charge is 0.103 e. The van der Waals surface area contributed by atoms with Crippen LogP contribution < -0.4 is 0 Å². The number of aromatic nitrogens is 1. The standard InChI is InChI=1S/C16H9NS2/c1-3-7-11-9(5-1)13-15-14(19-16(13)17-11)10-6-2-4-8-12(10)18-15/h1-8,17H. The van der Waals surface area contributed by atoms with E-state index >= 15 is 0 Å². The first-order valence-corrected chi connectivity index (χ1v) is 7.85. The minimum atomic E-state index is 1.24. The maximum Gasteiger partial charge on any atom is 0.103 e. The van der Waals surface area contributed by atoms with Gasteiger partial charge in [0.2, 0.25) is 0 Å². The molecular formula is C16H9NS2. The van der Waals surface area contributed by atoms with Crippen LogP contribution in [0.25, 0.3) is 40.6 Å². The quantitative estimate of drug-likeness (QED) is 0.371. The molecule has 0 aliphatic carbocycles. The van der Waals surface area contributed by atoms with Crippen LogP contribution in [0.1, 0.15) is 0 Å². The van der Waals surface area contributed by atoms with Crippen molar-refractivity contribution in [1.29, 1.82) is 0 Å². The molecule has 3 aromatic heterocycles. The van der Waals surface area contributed by atoms with Gasteiger partial charge in [-0.25, -0.2) is 0 Å². The van der Waals surface area contributed by atoms with Gasteiger partial charge in [0.1, 0.15) is 4.83 Å². The van der Waals surface area contributed by atoms with Gasteiger partial charge in [-0.1, -0.05) is 36.4 Å². The first kappa shape index (κ1) is 10.0. The van der Waals surface area contributed by atoms with Gasteiger partial charge in [-0.2, -0.15) is 0 Å². The molecule has 0 saturated heterocycles. The van der Waals surface area contributed by atoms with Crippen LogP contribution in [-0.2, 0) is 0 Å². The maximum atomic E-state index is 3.54. The topological polar surface area (TPSA) is 15.8 Å². The molecule has 0 aliphatic rings. The van der Waals surface area contributed by atoms with E-state index in [1.807, 2.05) is 22.7 Å². The number of benzene rings is 2. The highest BCUT2D eigenvalue weighted by atomic mass is 32.1. The number of fused-ring (bicyclic) bond motifs is 7. The molecule has 5 rings (SSSR count). The number of H-pyrrole nitrogens is 1. The van der Waals surface area contributed by atoms with Crippen LogP contribution >= 0.6 is 22.7 Å². The summed E-state index contributed by atoms with van der Waals surface area (Å²) < 4.78 is 4.24. The molecule has 3 heteroatoms. The lowest BCUT2D eigenvalue weighted by atomic mass is 10.2. The number of rotatable bonds is 0. The van der Waals surface area contributed by atoms with Crippen molar-refractivity contribution < 1.29 is 0 Å². The van der Waals surface area contributed by atoms with Crippen molar-refractivity contribution in [2.45, 2.75) is 0 Å². The van der Waals surface area contributed by atoms with Crippen molar-refractivity contribution in [2.24, 2.45) is 0 Å².